The van der Waals surface area contributed by atoms with Crippen molar-refractivity contribution in [3.63, 3.8) is 0 Å². The molecule has 1 heterocycles. The van der Waals surface area contributed by atoms with Crippen LogP contribution in [0.4, 0.5) is 0 Å². The fraction of sp³-hybridized carbons (Fsp3) is 0.800. The van der Waals surface area contributed by atoms with Gasteiger partial charge in [-0.3, -0.25) is 9.69 Å². The van der Waals surface area contributed by atoms with Crippen molar-refractivity contribution in [3.8, 4) is 6.07 Å². The van der Waals surface area contributed by atoms with E-state index in [9.17, 15) is 4.79 Å². The standard InChI is InChI=1S/C10H18N4O/c1-3-13(2)10(15)8-14-5-4-12-7-9(14)6-11/h9,12H,3-5,7-8H2,1-2H3. The van der Waals surface area contributed by atoms with Gasteiger partial charge in [0.05, 0.1) is 12.6 Å². The van der Waals surface area contributed by atoms with Crippen LogP contribution in [0.5, 0.6) is 0 Å². The molecule has 1 atom stereocenters. The Kier molecular flexibility index (Phi) is 4.53. The summed E-state index contributed by atoms with van der Waals surface area (Å²) in [5.74, 6) is 0.0830. The molecule has 1 rings (SSSR count). The molecular weight excluding hydrogens is 192 g/mol. The Hall–Kier alpha value is -1.12. The Morgan fingerprint density at radius 3 is 3.07 bits per heavy atom. The maximum atomic E-state index is 11.7. The van der Waals surface area contributed by atoms with Crippen LogP contribution in [-0.2, 0) is 4.79 Å². The number of likely N-dealkylation sites (N-methyl/N-ethyl adjacent to an activating group) is 1. The third kappa shape index (κ3) is 3.18. The Balaban J connectivity index is 2.48. The number of nitrogens with one attached hydrogen (secondary N) is 1. The molecule has 15 heavy (non-hydrogen) atoms. The molecule has 1 N–H and O–H groups in total. The number of carbonyl (C=O) groups is 1. The highest BCUT2D eigenvalue weighted by atomic mass is 16.2. The molecule has 0 aromatic rings. The van der Waals surface area contributed by atoms with Crippen molar-refractivity contribution < 1.29 is 4.79 Å². The molecule has 0 saturated carbocycles. The fourth-order valence-corrected chi connectivity index (χ4v) is 1.53. The molecule has 0 aromatic carbocycles. The normalized spacial score (nSPS) is 22.1. The van der Waals surface area contributed by atoms with Gasteiger partial charge < -0.3 is 10.2 Å². The minimum absolute atomic E-state index is 0.0830. The van der Waals surface area contributed by atoms with Crippen molar-refractivity contribution in [3.05, 3.63) is 0 Å². The predicted molar refractivity (Wildman–Crippen MR) is 57.2 cm³/mol. The first kappa shape index (κ1) is 12.0. The molecule has 1 aliphatic rings. The average Bonchev–Trinajstić information content (AvgIpc) is 2.28. The maximum Gasteiger partial charge on any atom is 0.236 e. The number of nitrogens with zero attached hydrogens (tertiary/aromatic N) is 3. The Morgan fingerprint density at radius 2 is 2.47 bits per heavy atom. The summed E-state index contributed by atoms with van der Waals surface area (Å²) in [6, 6.07) is 2.04. The lowest BCUT2D eigenvalue weighted by Crippen LogP contribution is -2.53. The van der Waals surface area contributed by atoms with Crippen LogP contribution in [0, 0.1) is 11.3 Å². The molecule has 0 aromatic heterocycles. The number of hydrogen-bond acceptors (Lipinski definition) is 4. The van der Waals surface area contributed by atoms with Crippen LogP contribution >= 0.6 is 0 Å². The van der Waals surface area contributed by atoms with Crippen molar-refractivity contribution in [2.75, 3.05) is 39.8 Å². The van der Waals surface area contributed by atoms with E-state index in [1.807, 2.05) is 11.8 Å². The number of piperazine rings is 1. The second kappa shape index (κ2) is 5.69. The second-order valence-corrected chi connectivity index (χ2v) is 3.73. The van der Waals surface area contributed by atoms with Crippen molar-refractivity contribution in [2.45, 2.75) is 13.0 Å². The first-order valence-corrected chi connectivity index (χ1v) is 5.27. The largest absolute Gasteiger partial charge is 0.345 e. The van der Waals surface area contributed by atoms with E-state index in [-0.39, 0.29) is 11.9 Å². The van der Waals surface area contributed by atoms with Gasteiger partial charge in [-0.2, -0.15) is 5.26 Å². The summed E-state index contributed by atoms with van der Waals surface area (Å²) in [5.41, 5.74) is 0. The first-order valence-electron chi connectivity index (χ1n) is 5.27. The van der Waals surface area contributed by atoms with Crippen molar-refractivity contribution >= 4 is 5.91 Å². The lowest BCUT2D eigenvalue weighted by Gasteiger charge is -2.32. The fourth-order valence-electron chi connectivity index (χ4n) is 1.53. The molecule has 1 amide bonds. The molecule has 5 heteroatoms. The quantitative estimate of drug-likeness (QED) is 0.666. The van der Waals surface area contributed by atoms with Crippen LogP contribution < -0.4 is 5.32 Å². The van der Waals surface area contributed by atoms with Gasteiger partial charge in [-0.15, -0.1) is 0 Å². The van der Waals surface area contributed by atoms with Crippen molar-refractivity contribution in [1.82, 2.24) is 15.1 Å². The van der Waals surface area contributed by atoms with E-state index in [4.69, 9.17) is 5.26 Å². The van der Waals surface area contributed by atoms with Gasteiger partial charge in [0.25, 0.3) is 0 Å². The van der Waals surface area contributed by atoms with Gasteiger partial charge in [0.15, 0.2) is 0 Å². The topological polar surface area (TPSA) is 59.4 Å². The average molecular weight is 210 g/mol. The predicted octanol–water partition coefficient (Wildman–Crippen LogP) is -0.738. The van der Waals surface area contributed by atoms with Crippen molar-refractivity contribution in [1.29, 1.82) is 5.26 Å². The zero-order valence-corrected chi connectivity index (χ0v) is 9.36. The molecular formula is C10H18N4O. The van der Waals surface area contributed by atoms with Gasteiger partial charge in [-0.25, -0.2) is 0 Å². The molecule has 1 aliphatic heterocycles. The van der Waals surface area contributed by atoms with Gasteiger partial charge in [-0.1, -0.05) is 0 Å². The number of carbonyl (C=O) groups excluding carboxylic acids is 1. The minimum atomic E-state index is -0.173. The molecule has 84 valence electrons. The van der Waals surface area contributed by atoms with E-state index < -0.39 is 0 Å². The highest BCUT2D eigenvalue weighted by molar-refractivity contribution is 5.78. The molecule has 0 radical (unpaired) electrons. The summed E-state index contributed by atoms with van der Waals surface area (Å²) in [5, 5.41) is 12.1. The van der Waals surface area contributed by atoms with Gasteiger partial charge in [0, 0.05) is 33.2 Å². The minimum Gasteiger partial charge on any atom is -0.345 e. The molecule has 0 bridgehead atoms. The third-order valence-electron chi connectivity index (χ3n) is 2.74. The number of nitriles is 1. The van der Waals surface area contributed by atoms with E-state index in [2.05, 4.69) is 11.4 Å². The van der Waals surface area contributed by atoms with E-state index >= 15 is 0 Å². The summed E-state index contributed by atoms with van der Waals surface area (Å²) in [7, 11) is 1.78. The van der Waals surface area contributed by atoms with Gasteiger partial charge >= 0.3 is 0 Å². The summed E-state index contributed by atoms with van der Waals surface area (Å²) < 4.78 is 0. The summed E-state index contributed by atoms with van der Waals surface area (Å²) in [6.07, 6.45) is 0. The number of rotatable bonds is 3. The molecule has 0 aliphatic carbocycles. The Labute approximate surface area is 90.6 Å². The highest BCUT2D eigenvalue weighted by Crippen LogP contribution is 2.02. The summed E-state index contributed by atoms with van der Waals surface area (Å²) in [6.45, 7) is 5.27. The first-order chi connectivity index (χ1) is 7.19. The smallest absolute Gasteiger partial charge is 0.236 e. The maximum absolute atomic E-state index is 11.7. The molecule has 1 fully saturated rings. The Morgan fingerprint density at radius 1 is 1.73 bits per heavy atom. The lowest BCUT2D eigenvalue weighted by molar-refractivity contribution is -0.131. The van der Waals surface area contributed by atoms with Crippen LogP contribution in [-0.4, -0.2) is 61.5 Å². The third-order valence-corrected chi connectivity index (χ3v) is 2.74. The number of hydrogen-bond donors (Lipinski definition) is 1. The second-order valence-electron chi connectivity index (χ2n) is 3.73. The van der Waals surface area contributed by atoms with E-state index in [0.717, 1.165) is 13.1 Å². The van der Waals surface area contributed by atoms with Crippen molar-refractivity contribution in [2.24, 2.45) is 0 Å². The van der Waals surface area contributed by atoms with Crippen LogP contribution in [0.1, 0.15) is 6.92 Å². The monoisotopic (exact) mass is 210 g/mol. The van der Waals surface area contributed by atoms with E-state index in [1.165, 1.54) is 0 Å². The molecule has 0 spiro atoms. The zero-order valence-electron chi connectivity index (χ0n) is 9.36. The molecule has 5 nitrogen and oxygen atoms in total. The Bertz CT molecular complexity index is 261. The van der Waals surface area contributed by atoms with Gasteiger partial charge in [0.2, 0.25) is 5.91 Å². The highest BCUT2D eigenvalue weighted by Gasteiger charge is 2.24. The van der Waals surface area contributed by atoms with Crippen LogP contribution in [0.15, 0.2) is 0 Å². The number of amides is 1. The van der Waals surface area contributed by atoms with Crippen LogP contribution in [0.3, 0.4) is 0 Å². The molecule has 1 unspecified atom stereocenters. The van der Waals surface area contributed by atoms with Crippen LogP contribution in [0.2, 0.25) is 0 Å². The zero-order chi connectivity index (χ0) is 11.3. The summed E-state index contributed by atoms with van der Waals surface area (Å²) in [4.78, 5) is 15.3. The van der Waals surface area contributed by atoms with E-state index in [1.54, 1.807) is 11.9 Å². The van der Waals surface area contributed by atoms with Crippen LogP contribution in [0.25, 0.3) is 0 Å². The van der Waals surface area contributed by atoms with Gasteiger partial charge in [0.1, 0.15) is 6.04 Å². The summed E-state index contributed by atoms with van der Waals surface area (Å²) >= 11 is 0. The van der Waals surface area contributed by atoms with E-state index in [0.29, 0.717) is 19.6 Å². The van der Waals surface area contributed by atoms with Gasteiger partial charge in [-0.05, 0) is 6.92 Å². The lowest BCUT2D eigenvalue weighted by atomic mass is 10.2. The molecule has 1 saturated heterocycles. The SMILES string of the molecule is CCN(C)C(=O)CN1CCNCC1C#N.